The molecule has 0 aromatic carbocycles. The fourth-order valence-electron chi connectivity index (χ4n) is 1.54. The molecule has 2 heteroatoms. The first kappa shape index (κ1) is 13.9. The maximum absolute atomic E-state index is 8.63. The Hall–Kier alpha value is -0.0800. The van der Waals surface area contributed by atoms with Crippen molar-refractivity contribution in [1.29, 1.82) is 0 Å². The van der Waals surface area contributed by atoms with Crippen molar-refractivity contribution in [3.8, 4) is 0 Å². The molecule has 0 spiro atoms. The Bertz CT molecular complexity index is 125. The summed E-state index contributed by atoms with van der Waals surface area (Å²) in [7, 11) is 2.21. The second-order valence-electron chi connectivity index (χ2n) is 4.60. The third-order valence-corrected chi connectivity index (χ3v) is 3.08. The SMILES string of the molecule is CC(C)C(C)N(C)CCCCCCO. The number of hydrogen-bond donors (Lipinski definition) is 1. The number of aliphatic hydroxyl groups excluding tert-OH is 1. The van der Waals surface area contributed by atoms with Gasteiger partial charge in [0.15, 0.2) is 0 Å². The fraction of sp³-hybridized carbons (Fsp3) is 1.00. The normalized spacial score (nSPS) is 13.9. The molecule has 14 heavy (non-hydrogen) atoms. The fourth-order valence-corrected chi connectivity index (χ4v) is 1.54. The molecular weight excluding hydrogens is 174 g/mol. The minimum Gasteiger partial charge on any atom is -0.396 e. The first-order chi connectivity index (χ1) is 6.59. The number of hydrogen-bond acceptors (Lipinski definition) is 2. The molecule has 0 radical (unpaired) electrons. The second kappa shape index (κ2) is 8.25. The molecule has 0 saturated heterocycles. The Morgan fingerprint density at radius 3 is 2.07 bits per heavy atom. The number of unbranched alkanes of at least 4 members (excludes halogenated alkanes) is 3. The number of rotatable bonds is 8. The van der Waals surface area contributed by atoms with Crippen LogP contribution in [0.1, 0.15) is 46.5 Å². The molecule has 0 bridgehead atoms. The summed E-state index contributed by atoms with van der Waals surface area (Å²) < 4.78 is 0. The van der Waals surface area contributed by atoms with Crippen LogP contribution in [-0.4, -0.2) is 36.2 Å². The van der Waals surface area contributed by atoms with E-state index in [2.05, 4.69) is 32.7 Å². The van der Waals surface area contributed by atoms with E-state index in [4.69, 9.17) is 5.11 Å². The topological polar surface area (TPSA) is 23.5 Å². The van der Waals surface area contributed by atoms with Crippen molar-refractivity contribution >= 4 is 0 Å². The Kier molecular flexibility index (Phi) is 8.20. The first-order valence-electron chi connectivity index (χ1n) is 5.90. The van der Waals surface area contributed by atoms with E-state index in [-0.39, 0.29) is 0 Å². The molecule has 1 atom stereocenters. The van der Waals surface area contributed by atoms with Gasteiger partial charge in [-0.25, -0.2) is 0 Å². The predicted octanol–water partition coefficient (Wildman–Crippen LogP) is 2.52. The average molecular weight is 201 g/mol. The minimum atomic E-state index is 0.345. The van der Waals surface area contributed by atoms with Crippen molar-refractivity contribution in [2.75, 3.05) is 20.2 Å². The molecule has 0 aliphatic heterocycles. The third-order valence-electron chi connectivity index (χ3n) is 3.08. The molecule has 86 valence electrons. The van der Waals surface area contributed by atoms with Crippen LogP contribution in [0.25, 0.3) is 0 Å². The maximum atomic E-state index is 8.63. The van der Waals surface area contributed by atoms with Gasteiger partial charge in [0.1, 0.15) is 0 Å². The first-order valence-corrected chi connectivity index (χ1v) is 5.90. The van der Waals surface area contributed by atoms with Gasteiger partial charge in [0.05, 0.1) is 0 Å². The lowest BCUT2D eigenvalue weighted by Crippen LogP contribution is -2.33. The van der Waals surface area contributed by atoms with Gasteiger partial charge in [-0.2, -0.15) is 0 Å². The summed E-state index contributed by atoms with van der Waals surface area (Å²) in [5.74, 6) is 0.734. The van der Waals surface area contributed by atoms with Crippen molar-refractivity contribution in [3.05, 3.63) is 0 Å². The molecule has 0 fully saturated rings. The van der Waals surface area contributed by atoms with Crippen molar-refractivity contribution in [1.82, 2.24) is 4.90 Å². The molecule has 0 saturated carbocycles. The average Bonchev–Trinajstić information content (AvgIpc) is 2.16. The molecule has 0 amide bonds. The lowest BCUT2D eigenvalue weighted by molar-refractivity contribution is 0.203. The van der Waals surface area contributed by atoms with E-state index in [1.54, 1.807) is 0 Å². The van der Waals surface area contributed by atoms with E-state index in [0.717, 1.165) is 12.3 Å². The molecule has 0 aromatic heterocycles. The molecule has 1 unspecified atom stereocenters. The molecule has 0 heterocycles. The van der Waals surface area contributed by atoms with Gasteiger partial charge in [-0.05, 0) is 39.3 Å². The molecule has 0 aliphatic rings. The van der Waals surface area contributed by atoms with E-state index >= 15 is 0 Å². The smallest absolute Gasteiger partial charge is 0.0431 e. The highest BCUT2D eigenvalue weighted by Crippen LogP contribution is 2.09. The third kappa shape index (κ3) is 6.39. The molecular formula is C12H27NO. The molecule has 0 aliphatic carbocycles. The zero-order valence-corrected chi connectivity index (χ0v) is 10.3. The van der Waals surface area contributed by atoms with Crippen LogP contribution >= 0.6 is 0 Å². The van der Waals surface area contributed by atoms with E-state index in [1.165, 1.54) is 25.8 Å². The van der Waals surface area contributed by atoms with Crippen molar-refractivity contribution in [2.45, 2.75) is 52.5 Å². The quantitative estimate of drug-likeness (QED) is 0.610. The van der Waals surface area contributed by atoms with Gasteiger partial charge < -0.3 is 10.0 Å². The van der Waals surface area contributed by atoms with E-state index < -0.39 is 0 Å². The van der Waals surface area contributed by atoms with Gasteiger partial charge in [-0.1, -0.05) is 26.7 Å². The summed E-state index contributed by atoms with van der Waals surface area (Å²) in [6.07, 6.45) is 4.63. The van der Waals surface area contributed by atoms with Gasteiger partial charge in [0.25, 0.3) is 0 Å². The van der Waals surface area contributed by atoms with Crippen molar-refractivity contribution in [3.63, 3.8) is 0 Å². The summed E-state index contributed by atoms with van der Waals surface area (Å²) in [5.41, 5.74) is 0. The lowest BCUT2D eigenvalue weighted by Gasteiger charge is -2.27. The second-order valence-corrected chi connectivity index (χ2v) is 4.60. The van der Waals surface area contributed by atoms with Crippen LogP contribution in [0.4, 0.5) is 0 Å². The van der Waals surface area contributed by atoms with Gasteiger partial charge in [-0.3, -0.25) is 0 Å². The number of nitrogens with zero attached hydrogens (tertiary/aromatic N) is 1. The Morgan fingerprint density at radius 1 is 1.00 bits per heavy atom. The minimum absolute atomic E-state index is 0.345. The highest BCUT2D eigenvalue weighted by Gasteiger charge is 2.11. The van der Waals surface area contributed by atoms with Crippen LogP contribution in [0.15, 0.2) is 0 Å². The van der Waals surface area contributed by atoms with E-state index in [0.29, 0.717) is 12.6 Å². The Morgan fingerprint density at radius 2 is 1.57 bits per heavy atom. The van der Waals surface area contributed by atoms with Crippen LogP contribution in [0.5, 0.6) is 0 Å². The van der Waals surface area contributed by atoms with Crippen LogP contribution in [0.3, 0.4) is 0 Å². The van der Waals surface area contributed by atoms with Crippen LogP contribution < -0.4 is 0 Å². The van der Waals surface area contributed by atoms with E-state index in [1.807, 2.05) is 0 Å². The Labute approximate surface area is 89.3 Å². The van der Waals surface area contributed by atoms with Gasteiger partial charge in [-0.15, -0.1) is 0 Å². The predicted molar refractivity (Wildman–Crippen MR) is 62.5 cm³/mol. The van der Waals surface area contributed by atoms with Crippen LogP contribution in [-0.2, 0) is 0 Å². The van der Waals surface area contributed by atoms with Crippen LogP contribution in [0.2, 0.25) is 0 Å². The highest BCUT2D eigenvalue weighted by atomic mass is 16.2. The van der Waals surface area contributed by atoms with Crippen molar-refractivity contribution in [2.24, 2.45) is 5.92 Å². The maximum Gasteiger partial charge on any atom is 0.0431 e. The van der Waals surface area contributed by atoms with Gasteiger partial charge >= 0.3 is 0 Å². The lowest BCUT2D eigenvalue weighted by atomic mass is 10.0. The summed E-state index contributed by atoms with van der Waals surface area (Å²) in [6.45, 7) is 8.36. The molecule has 0 aromatic rings. The zero-order valence-electron chi connectivity index (χ0n) is 10.3. The molecule has 1 N–H and O–H groups in total. The zero-order chi connectivity index (χ0) is 11.0. The summed E-state index contributed by atoms with van der Waals surface area (Å²) in [5, 5.41) is 8.63. The van der Waals surface area contributed by atoms with Crippen LogP contribution in [0, 0.1) is 5.92 Å². The summed E-state index contributed by atoms with van der Waals surface area (Å²) in [4.78, 5) is 2.43. The number of aliphatic hydroxyl groups is 1. The molecule has 0 rings (SSSR count). The highest BCUT2D eigenvalue weighted by molar-refractivity contribution is 4.66. The van der Waals surface area contributed by atoms with Gasteiger partial charge in [0, 0.05) is 12.6 Å². The van der Waals surface area contributed by atoms with Gasteiger partial charge in [0.2, 0.25) is 0 Å². The summed E-state index contributed by atoms with van der Waals surface area (Å²) >= 11 is 0. The Balaban J connectivity index is 3.39. The van der Waals surface area contributed by atoms with Crippen molar-refractivity contribution < 1.29 is 5.11 Å². The standard InChI is InChI=1S/C12H27NO/c1-11(2)12(3)13(4)9-7-5-6-8-10-14/h11-12,14H,5-10H2,1-4H3. The summed E-state index contributed by atoms with van der Waals surface area (Å²) in [6, 6.07) is 0.674. The monoisotopic (exact) mass is 201 g/mol. The molecule has 2 nitrogen and oxygen atoms in total. The largest absolute Gasteiger partial charge is 0.396 e. The van der Waals surface area contributed by atoms with E-state index in [9.17, 15) is 0 Å².